The van der Waals surface area contributed by atoms with Crippen molar-refractivity contribution in [1.29, 1.82) is 0 Å². The highest BCUT2D eigenvalue weighted by atomic mass is 35.5. The van der Waals surface area contributed by atoms with E-state index in [0.29, 0.717) is 0 Å². The molecule has 0 unspecified atom stereocenters. The van der Waals surface area contributed by atoms with Crippen molar-refractivity contribution in [3.63, 3.8) is 0 Å². The van der Waals surface area contributed by atoms with Crippen LogP contribution in [0.25, 0.3) is 0 Å². The zero-order valence-electron chi connectivity index (χ0n) is 4.14. The van der Waals surface area contributed by atoms with Crippen LogP contribution in [0, 0.1) is 0 Å². The van der Waals surface area contributed by atoms with Crippen LogP contribution in [-0.2, 0) is 4.74 Å². The van der Waals surface area contributed by atoms with Crippen LogP contribution in [0.3, 0.4) is 0 Å². The summed E-state index contributed by atoms with van der Waals surface area (Å²) >= 11 is 0. The second-order valence-electron chi connectivity index (χ2n) is 1.36. The fourth-order valence-electron chi connectivity index (χ4n) is 0. The Bertz CT molecular complexity index is 27.2. The first kappa shape index (κ1) is 7.21. The van der Waals surface area contributed by atoms with Crippen molar-refractivity contribution in [3.8, 4) is 0 Å². The van der Waals surface area contributed by atoms with Gasteiger partial charge in [-0.25, -0.2) is 0 Å². The second kappa shape index (κ2) is 4.37. The normalized spacial score (nSPS) is 20.6. The van der Waals surface area contributed by atoms with Crippen LogP contribution in [0.15, 0.2) is 0 Å². The highest BCUT2D eigenvalue weighted by Gasteiger charge is 1.94. The van der Waals surface area contributed by atoms with Gasteiger partial charge in [-0.2, -0.15) is 0 Å². The van der Waals surface area contributed by atoms with Crippen molar-refractivity contribution < 1.29 is 4.74 Å². The molecule has 2 heterocycles. The Morgan fingerprint density at radius 2 is 1.43 bits per heavy atom. The number of rotatable bonds is 0. The lowest BCUT2D eigenvalue weighted by Crippen LogP contribution is -1.56. The third kappa shape index (κ3) is 22.5. The van der Waals surface area contributed by atoms with Crippen LogP contribution in [0.1, 0.15) is 0 Å². The first-order valence-electron chi connectivity index (χ1n) is 2.28. The van der Waals surface area contributed by atoms with Gasteiger partial charge in [0.2, 0.25) is 0 Å². The van der Waals surface area contributed by atoms with Gasteiger partial charge in [-0.1, -0.05) is 0 Å². The summed E-state index contributed by atoms with van der Waals surface area (Å²) in [6, 6.07) is 0. The highest BCUT2D eigenvalue weighted by Crippen LogP contribution is 1.84. The molecule has 0 atom stereocenters. The summed E-state index contributed by atoms with van der Waals surface area (Å²) < 4.78 is 4.50. The Kier molecular flexibility index (Phi) is 4.50. The topological polar surface area (TPSA) is 34.5 Å². The monoisotopic (exact) mass is 123 g/mol. The van der Waals surface area contributed by atoms with Gasteiger partial charge in [-0.15, -0.1) is 12.4 Å². The molecule has 3 heteroatoms. The molecule has 0 amide bonds. The lowest BCUT2D eigenvalue weighted by Gasteiger charge is -1.24. The van der Waals surface area contributed by atoms with Gasteiger partial charge in [0.05, 0.1) is 13.2 Å². The van der Waals surface area contributed by atoms with Crippen molar-refractivity contribution in [1.82, 2.24) is 5.32 Å². The minimum atomic E-state index is 0. The number of epoxide rings is 1. The first-order valence-corrected chi connectivity index (χ1v) is 2.28. The molecule has 2 rings (SSSR count). The van der Waals surface area contributed by atoms with Crippen molar-refractivity contribution in [2.45, 2.75) is 0 Å². The Balaban J connectivity index is 0.0000000900. The van der Waals surface area contributed by atoms with Crippen LogP contribution < -0.4 is 5.32 Å². The molecule has 0 aliphatic carbocycles. The van der Waals surface area contributed by atoms with Gasteiger partial charge in [0, 0.05) is 13.1 Å². The molecular formula is C4H10ClNO. The molecule has 0 aromatic heterocycles. The Morgan fingerprint density at radius 1 is 1.14 bits per heavy atom. The van der Waals surface area contributed by atoms with Gasteiger partial charge in [-0.3, -0.25) is 0 Å². The minimum Gasteiger partial charge on any atom is -0.377 e. The summed E-state index contributed by atoms with van der Waals surface area (Å²) in [7, 11) is 0. The quantitative estimate of drug-likeness (QED) is 0.461. The third-order valence-electron chi connectivity index (χ3n) is 0.454. The minimum absolute atomic E-state index is 0. The predicted molar refractivity (Wildman–Crippen MR) is 30.9 cm³/mol. The number of hydrogen-bond acceptors (Lipinski definition) is 2. The average Bonchev–Trinajstić information content (AvgIpc) is 2.31. The zero-order chi connectivity index (χ0) is 4.24. The Hall–Kier alpha value is 0.210. The van der Waals surface area contributed by atoms with Crippen molar-refractivity contribution in [2.24, 2.45) is 0 Å². The fourth-order valence-corrected chi connectivity index (χ4v) is 0. The van der Waals surface area contributed by atoms with Gasteiger partial charge in [0.15, 0.2) is 0 Å². The molecular weight excluding hydrogens is 114 g/mol. The summed E-state index contributed by atoms with van der Waals surface area (Å²) in [5.41, 5.74) is 0. The molecule has 0 spiro atoms. The largest absolute Gasteiger partial charge is 0.377 e. The molecule has 0 saturated carbocycles. The maximum atomic E-state index is 4.50. The molecule has 44 valence electrons. The molecule has 0 aromatic carbocycles. The van der Waals surface area contributed by atoms with Gasteiger partial charge in [0.25, 0.3) is 0 Å². The molecule has 2 saturated heterocycles. The van der Waals surface area contributed by atoms with Crippen molar-refractivity contribution in [2.75, 3.05) is 26.3 Å². The molecule has 0 radical (unpaired) electrons. The van der Waals surface area contributed by atoms with E-state index in [1.54, 1.807) is 0 Å². The maximum Gasteiger partial charge on any atom is 0.0701 e. The lowest BCUT2D eigenvalue weighted by atomic mass is 11.0. The van der Waals surface area contributed by atoms with Crippen LogP contribution >= 0.6 is 12.4 Å². The molecule has 2 fully saturated rings. The second-order valence-corrected chi connectivity index (χ2v) is 1.36. The summed E-state index contributed by atoms with van der Waals surface area (Å²) in [6.45, 7) is 4.50. The standard InChI is InChI=1S/C2H5N.C2H4O.ClH/c2*1-2-3-1;/h3H,1-2H2;1-2H2;1H. The molecule has 0 bridgehead atoms. The third-order valence-corrected chi connectivity index (χ3v) is 0.454. The first-order chi connectivity index (χ1) is 3.00. The highest BCUT2D eigenvalue weighted by molar-refractivity contribution is 5.85. The number of hydrogen-bond donors (Lipinski definition) is 1. The number of halogens is 1. The summed E-state index contributed by atoms with van der Waals surface area (Å²) in [5, 5.41) is 3.00. The van der Waals surface area contributed by atoms with E-state index in [2.05, 4.69) is 10.1 Å². The number of ether oxygens (including phenoxy) is 1. The van der Waals surface area contributed by atoms with Crippen LogP contribution in [0.5, 0.6) is 0 Å². The number of nitrogens with one attached hydrogen (secondary N) is 1. The van der Waals surface area contributed by atoms with Crippen molar-refractivity contribution >= 4 is 12.4 Å². The summed E-state index contributed by atoms with van der Waals surface area (Å²) in [4.78, 5) is 0. The Labute approximate surface area is 49.6 Å². The lowest BCUT2D eigenvalue weighted by molar-refractivity contribution is 0.475. The van der Waals surface area contributed by atoms with Gasteiger partial charge in [0.1, 0.15) is 0 Å². The van der Waals surface area contributed by atoms with E-state index in [1.165, 1.54) is 13.1 Å². The van der Waals surface area contributed by atoms with E-state index in [9.17, 15) is 0 Å². The molecule has 0 aromatic rings. The van der Waals surface area contributed by atoms with Crippen LogP contribution in [0.2, 0.25) is 0 Å². The maximum absolute atomic E-state index is 4.50. The van der Waals surface area contributed by atoms with E-state index in [4.69, 9.17) is 0 Å². The smallest absolute Gasteiger partial charge is 0.0701 e. The van der Waals surface area contributed by atoms with Crippen LogP contribution in [-0.4, -0.2) is 26.3 Å². The molecule has 2 aliphatic rings. The van der Waals surface area contributed by atoms with E-state index in [0.717, 1.165) is 13.2 Å². The summed E-state index contributed by atoms with van der Waals surface area (Å²) in [5.74, 6) is 0. The van der Waals surface area contributed by atoms with E-state index >= 15 is 0 Å². The average molecular weight is 124 g/mol. The van der Waals surface area contributed by atoms with Gasteiger partial charge >= 0.3 is 0 Å². The zero-order valence-corrected chi connectivity index (χ0v) is 4.96. The molecule has 2 nitrogen and oxygen atoms in total. The van der Waals surface area contributed by atoms with E-state index in [-0.39, 0.29) is 12.4 Å². The molecule has 1 N–H and O–H groups in total. The molecule has 2 aliphatic heterocycles. The summed E-state index contributed by atoms with van der Waals surface area (Å²) in [6.07, 6.45) is 0. The molecule has 7 heavy (non-hydrogen) atoms. The van der Waals surface area contributed by atoms with E-state index in [1.807, 2.05) is 0 Å². The van der Waals surface area contributed by atoms with Crippen LogP contribution in [0.4, 0.5) is 0 Å². The Morgan fingerprint density at radius 3 is 1.43 bits per heavy atom. The van der Waals surface area contributed by atoms with Crippen molar-refractivity contribution in [3.05, 3.63) is 0 Å². The van der Waals surface area contributed by atoms with Gasteiger partial charge < -0.3 is 10.1 Å². The fraction of sp³-hybridized carbons (Fsp3) is 1.00. The van der Waals surface area contributed by atoms with Gasteiger partial charge in [-0.05, 0) is 0 Å². The van der Waals surface area contributed by atoms with E-state index < -0.39 is 0 Å². The SMILES string of the molecule is C1CN1.C1CO1.Cl. The predicted octanol–water partition coefficient (Wildman–Crippen LogP) is 0.0280.